The van der Waals surface area contributed by atoms with E-state index in [2.05, 4.69) is 5.32 Å². The first kappa shape index (κ1) is 15.4. The van der Waals surface area contributed by atoms with Gasteiger partial charge in [0, 0.05) is 26.2 Å². The Balaban J connectivity index is 2.34. The summed E-state index contributed by atoms with van der Waals surface area (Å²) < 4.78 is 32.4. The number of benzene rings is 1. The van der Waals surface area contributed by atoms with Gasteiger partial charge >= 0.3 is 0 Å². The molecule has 0 aromatic heterocycles. The number of ether oxygens (including phenoxy) is 1. The Morgan fingerprint density at radius 3 is 2.85 bits per heavy atom. The Hall–Kier alpha value is -0.950. The van der Waals surface area contributed by atoms with Crippen LogP contribution in [0.3, 0.4) is 0 Å². The summed E-state index contributed by atoms with van der Waals surface area (Å²) >= 11 is 0. The van der Waals surface area contributed by atoms with E-state index in [1.807, 2.05) is 26.1 Å². The van der Waals surface area contributed by atoms with E-state index >= 15 is 0 Å². The van der Waals surface area contributed by atoms with Crippen molar-refractivity contribution in [2.24, 2.45) is 0 Å². The third kappa shape index (κ3) is 3.38. The fourth-order valence-electron chi connectivity index (χ4n) is 2.34. The highest BCUT2D eigenvalue weighted by Crippen LogP contribution is 2.22. The van der Waals surface area contributed by atoms with Gasteiger partial charge in [0.1, 0.15) is 0 Å². The zero-order valence-corrected chi connectivity index (χ0v) is 12.9. The van der Waals surface area contributed by atoms with Crippen molar-refractivity contribution < 1.29 is 13.2 Å². The molecule has 0 bridgehead atoms. The Labute approximate surface area is 121 Å². The number of nitrogens with zero attached hydrogens (tertiary/aromatic N) is 1. The number of aryl methyl sites for hydroxylation is 1. The lowest BCUT2D eigenvalue weighted by atomic mass is 10.1. The Morgan fingerprint density at radius 1 is 1.30 bits per heavy atom. The number of hydrogen-bond donors (Lipinski definition) is 1. The molecule has 0 amide bonds. The molecule has 0 radical (unpaired) electrons. The zero-order valence-electron chi connectivity index (χ0n) is 12.1. The van der Waals surface area contributed by atoms with Crippen molar-refractivity contribution in [2.75, 3.05) is 33.4 Å². The third-order valence-electron chi connectivity index (χ3n) is 3.43. The molecule has 0 saturated carbocycles. The predicted octanol–water partition coefficient (Wildman–Crippen LogP) is 1.13. The van der Waals surface area contributed by atoms with E-state index in [4.69, 9.17) is 4.74 Å². The van der Waals surface area contributed by atoms with Gasteiger partial charge in [0.05, 0.1) is 11.5 Å². The van der Waals surface area contributed by atoms with Gasteiger partial charge in [-0.05, 0) is 37.6 Å². The van der Waals surface area contributed by atoms with Crippen LogP contribution in [0.1, 0.15) is 17.5 Å². The van der Waals surface area contributed by atoms with Crippen LogP contribution in [0.4, 0.5) is 0 Å². The fourth-order valence-corrected chi connectivity index (χ4v) is 4.08. The smallest absolute Gasteiger partial charge is 0.243 e. The first-order valence-corrected chi connectivity index (χ1v) is 8.32. The van der Waals surface area contributed by atoms with Gasteiger partial charge in [0.15, 0.2) is 0 Å². The summed E-state index contributed by atoms with van der Waals surface area (Å²) in [5.74, 6) is 0. The minimum Gasteiger partial charge on any atom is -0.380 e. The molecule has 1 aromatic rings. The molecular formula is C14H22N2O3S. The average molecular weight is 298 g/mol. The van der Waals surface area contributed by atoms with Crippen molar-refractivity contribution in [3.05, 3.63) is 29.3 Å². The first-order chi connectivity index (χ1) is 9.55. The maximum atomic E-state index is 12.8. The molecule has 112 valence electrons. The van der Waals surface area contributed by atoms with Crippen molar-refractivity contribution in [1.29, 1.82) is 0 Å². The van der Waals surface area contributed by atoms with E-state index in [0.29, 0.717) is 37.7 Å². The zero-order chi connectivity index (χ0) is 14.6. The second-order valence-electron chi connectivity index (χ2n) is 5.00. The lowest BCUT2D eigenvalue weighted by Crippen LogP contribution is -2.33. The lowest BCUT2D eigenvalue weighted by Gasteiger charge is -2.21. The number of sulfonamides is 1. The summed E-state index contributed by atoms with van der Waals surface area (Å²) in [5, 5.41) is 3.04. The molecule has 0 spiro atoms. The van der Waals surface area contributed by atoms with E-state index in [-0.39, 0.29) is 0 Å². The van der Waals surface area contributed by atoms with Crippen molar-refractivity contribution in [3.63, 3.8) is 0 Å². The SMILES string of the molecule is CNCc1ccc(C)c(S(=O)(=O)N2CCCOCC2)c1. The van der Waals surface area contributed by atoms with Crippen LogP contribution in [-0.2, 0) is 21.3 Å². The minimum absolute atomic E-state index is 0.409. The molecule has 6 heteroatoms. The van der Waals surface area contributed by atoms with Crippen LogP contribution in [0.5, 0.6) is 0 Å². The molecule has 1 aromatic carbocycles. The quantitative estimate of drug-likeness (QED) is 0.905. The van der Waals surface area contributed by atoms with E-state index in [1.54, 1.807) is 6.07 Å². The number of nitrogens with one attached hydrogen (secondary N) is 1. The molecule has 1 fully saturated rings. The predicted molar refractivity (Wildman–Crippen MR) is 78.1 cm³/mol. The molecule has 0 unspecified atom stereocenters. The second-order valence-corrected chi connectivity index (χ2v) is 6.91. The Morgan fingerprint density at radius 2 is 2.10 bits per heavy atom. The molecule has 2 rings (SSSR count). The molecule has 1 saturated heterocycles. The van der Waals surface area contributed by atoms with Gasteiger partial charge in [0.25, 0.3) is 0 Å². The number of hydrogen-bond acceptors (Lipinski definition) is 4. The average Bonchev–Trinajstić information content (AvgIpc) is 2.70. The van der Waals surface area contributed by atoms with Gasteiger partial charge in [0.2, 0.25) is 10.0 Å². The molecule has 5 nitrogen and oxygen atoms in total. The van der Waals surface area contributed by atoms with Crippen LogP contribution in [-0.4, -0.2) is 46.1 Å². The van der Waals surface area contributed by atoms with Crippen LogP contribution in [0.25, 0.3) is 0 Å². The van der Waals surface area contributed by atoms with Gasteiger partial charge in [-0.25, -0.2) is 8.42 Å². The lowest BCUT2D eigenvalue weighted by molar-refractivity contribution is 0.148. The second kappa shape index (κ2) is 6.67. The van der Waals surface area contributed by atoms with Crippen LogP contribution >= 0.6 is 0 Å². The number of rotatable bonds is 4. The summed E-state index contributed by atoms with van der Waals surface area (Å²) in [7, 11) is -1.58. The van der Waals surface area contributed by atoms with Crippen molar-refractivity contribution in [3.8, 4) is 0 Å². The highest BCUT2D eigenvalue weighted by molar-refractivity contribution is 7.89. The van der Waals surface area contributed by atoms with E-state index in [1.165, 1.54) is 4.31 Å². The summed E-state index contributed by atoms with van der Waals surface area (Å²) in [5.41, 5.74) is 1.76. The van der Waals surface area contributed by atoms with E-state index < -0.39 is 10.0 Å². The largest absolute Gasteiger partial charge is 0.380 e. The molecule has 0 aliphatic carbocycles. The van der Waals surface area contributed by atoms with Crippen molar-refractivity contribution in [2.45, 2.75) is 24.8 Å². The van der Waals surface area contributed by atoms with E-state index in [9.17, 15) is 8.42 Å². The van der Waals surface area contributed by atoms with Crippen LogP contribution in [0, 0.1) is 6.92 Å². The van der Waals surface area contributed by atoms with Gasteiger partial charge < -0.3 is 10.1 Å². The molecular weight excluding hydrogens is 276 g/mol. The van der Waals surface area contributed by atoms with Crippen LogP contribution in [0.2, 0.25) is 0 Å². The van der Waals surface area contributed by atoms with Gasteiger partial charge in [-0.3, -0.25) is 0 Å². The topological polar surface area (TPSA) is 58.6 Å². The summed E-state index contributed by atoms with van der Waals surface area (Å²) in [6.07, 6.45) is 0.745. The summed E-state index contributed by atoms with van der Waals surface area (Å²) in [6, 6.07) is 5.59. The third-order valence-corrected chi connectivity index (χ3v) is 5.47. The molecule has 1 aliphatic heterocycles. The van der Waals surface area contributed by atoms with Gasteiger partial charge in [-0.1, -0.05) is 12.1 Å². The first-order valence-electron chi connectivity index (χ1n) is 6.87. The molecule has 1 aliphatic rings. The highest BCUT2D eigenvalue weighted by Gasteiger charge is 2.26. The Kier molecular flexibility index (Phi) is 5.15. The van der Waals surface area contributed by atoms with Crippen molar-refractivity contribution in [1.82, 2.24) is 9.62 Å². The fraction of sp³-hybridized carbons (Fsp3) is 0.571. The summed E-state index contributed by atoms with van der Waals surface area (Å²) in [4.78, 5) is 0.409. The molecule has 20 heavy (non-hydrogen) atoms. The normalized spacial score (nSPS) is 17.9. The highest BCUT2D eigenvalue weighted by atomic mass is 32.2. The van der Waals surface area contributed by atoms with Gasteiger partial charge in [-0.15, -0.1) is 0 Å². The van der Waals surface area contributed by atoms with Crippen LogP contribution in [0.15, 0.2) is 23.1 Å². The minimum atomic E-state index is -3.43. The van der Waals surface area contributed by atoms with Gasteiger partial charge in [-0.2, -0.15) is 4.31 Å². The maximum absolute atomic E-state index is 12.8. The molecule has 1 heterocycles. The monoisotopic (exact) mass is 298 g/mol. The van der Waals surface area contributed by atoms with Crippen LogP contribution < -0.4 is 5.32 Å². The molecule has 1 N–H and O–H groups in total. The Bertz CT molecular complexity index is 550. The maximum Gasteiger partial charge on any atom is 0.243 e. The standard InChI is InChI=1S/C14H22N2O3S/c1-12-4-5-13(11-15-2)10-14(12)20(17,18)16-6-3-8-19-9-7-16/h4-5,10,15H,3,6-9,11H2,1-2H3. The molecule has 0 atom stereocenters. The summed E-state index contributed by atoms with van der Waals surface area (Å²) in [6.45, 7) is 4.55. The van der Waals surface area contributed by atoms with E-state index in [0.717, 1.165) is 17.5 Å². The van der Waals surface area contributed by atoms with Crippen molar-refractivity contribution >= 4 is 10.0 Å².